The molecule has 0 aliphatic carbocycles. The number of nitrogens with one attached hydrogen (secondary N) is 2. The standard InChI is InChI=1S/C22H28N2O8S/c1-28-12-13-32-20-14-16(4-6-18(20)29-2)24-22(25)8-9-23-33(26,27)17-5-7-19-21(15-17)31-11-3-10-30-19/h4-7,14-15,23H,3,8-13H2,1-2H3,(H,24,25). The van der Waals surface area contributed by atoms with Crippen molar-refractivity contribution in [3.8, 4) is 23.0 Å². The van der Waals surface area contributed by atoms with Gasteiger partial charge in [-0.1, -0.05) is 0 Å². The summed E-state index contributed by atoms with van der Waals surface area (Å²) in [7, 11) is -0.727. The lowest BCUT2D eigenvalue weighted by Crippen LogP contribution is -2.27. The first kappa shape index (κ1) is 24.6. The molecule has 1 amide bonds. The summed E-state index contributed by atoms with van der Waals surface area (Å²) in [6.45, 7) is 1.63. The van der Waals surface area contributed by atoms with Crippen LogP contribution >= 0.6 is 0 Å². The van der Waals surface area contributed by atoms with E-state index in [1.807, 2.05) is 0 Å². The summed E-state index contributed by atoms with van der Waals surface area (Å²) < 4.78 is 54.5. The summed E-state index contributed by atoms with van der Waals surface area (Å²) in [4.78, 5) is 12.4. The molecule has 1 heterocycles. The van der Waals surface area contributed by atoms with E-state index in [-0.39, 0.29) is 23.8 Å². The molecule has 180 valence electrons. The quantitative estimate of drug-likeness (QED) is 0.470. The SMILES string of the molecule is COCCOc1cc(NC(=O)CCNS(=O)(=O)c2ccc3c(c2)OCCCO3)ccc1OC. The van der Waals surface area contributed by atoms with Gasteiger partial charge in [0.05, 0.1) is 31.8 Å². The Bertz CT molecular complexity index is 1060. The molecule has 0 saturated carbocycles. The summed E-state index contributed by atoms with van der Waals surface area (Å²) in [6, 6.07) is 9.41. The topological polar surface area (TPSA) is 121 Å². The summed E-state index contributed by atoms with van der Waals surface area (Å²) in [5.74, 6) is 1.52. The molecule has 0 atom stereocenters. The number of methoxy groups -OCH3 is 2. The monoisotopic (exact) mass is 480 g/mol. The highest BCUT2D eigenvalue weighted by atomic mass is 32.2. The Morgan fingerprint density at radius 1 is 1.00 bits per heavy atom. The normalized spacial score (nSPS) is 13.2. The number of rotatable bonds is 11. The van der Waals surface area contributed by atoms with Gasteiger partial charge >= 0.3 is 0 Å². The van der Waals surface area contributed by atoms with Crippen molar-refractivity contribution < 1.29 is 36.9 Å². The van der Waals surface area contributed by atoms with Gasteiger partial charge in [0.25, 0.3) is 0 Å². The van der Waals surface area contributed by atoms with Gasteiger partial charge in [0.1, 0.15) is 6.61 Å². The van der Waals surface area contributed by atoms with Crippen molar-refractivity contribution in [2.24, 2.45) is 0 Å². The van der Waals surface area contributed by atoms with E-state index >= 15 is 0 Å². The fourth-order valence-corrected chi connectivity index (χ4v) is 4.07. The Labute approximate surface area is 193 Å². The zero-order valence-corrected chi connectivity index (χ0v) is 19.4. The van der Waals surface area contributed by atoms with Gasteiger partial charge in [-0.3, -0.25) is 4.79 Å². The first-order valence-corrected chi connectivity index (χ1v) is 11.9. The van der Waals surface area contributed by atoms with Gasteiger partial charge < -0.3 is 29.0 Å². The average molecular weight is 481 g/mol. The van der Waals surface area contributed by atoms with Crippen LogP contribution in [0.3, 0.4) is 0 Å². The van der Waals surface area contributed by atoms with E-state index in [0.29, 0.717) is 55.1 Å². The van der Waals surface area contributed by atoms with E-state index in [0.717, 1.165) is 6.42 Å². The lowest BCUT2D eigenvalue weighted by atomic mass is 10.2. The van der Waals surface area contributed by atoms with Crippen LogP contribution in [0.5, 0.6) is 23.0 Å². The second-order valence-corrected chi connectivity index (χ2v) is 8.83. The van der Waals surface area contributed by atoms with Crippen molar-refractivity contribution in [1.29, 1.82) is 0 Å². The molecule has 1 aliphatic rings. The number of sulfonamides is 1. The van der Waals surface area contributed by atoms with Crippen molar-refractivity contribution in [1.82, 2.24) is 4.72 Å². The van der Waals surface area contributed by atoms with Crippen molar-refractivity contribution >= 4 is 21.6 Å². The summed E-state index contributed by atoms with van der Waals surface area (Å²) in [5.41, 5.74) is 0.499. The Morgan fingerprint density at radius 3 is 2.55 bits per heavy atom. The van der Waals surface area contributed by atoms with Crippen LogP contribution in [0.25, 0.3) is 0 Å². The molecule has 2 N–H and O–H groups in total. The molecule has 0 saturated heterocycles. The molecule has 0 unspecified atom stereocenters. The van der Waals surface area contributed by atoms with E-state index in [4.69, 9.17) is 23.7 Å². The lowest BCUT2D eigenvalue weighted by molar-refractivity contribution is -0.116. The third-order valence-corrected chi connectivity index (χ3v) is 6.12. The fraction of sp³-hybridized carbons (Fsp3) is 0.409. The predicted octanol–water partition coefficient (Wildman–Crippen LogP) is 2.19. The van der Waals surface area contributed by atoms with Crippen LogP contribution in [-0.4, -0.2) is 61.5 Å². The molecular weight excluding hydrogens is 452 g/mol. The summed E-state index contributed by atoms with van der Waals surface area (Å²) in [6.07, 6.45) is 0.661. The largest absolute Gasteiger partial charge is 0.493 e. The van der Waals surface area contributed by atoms with Crippen LogP contribution < -0.4 is 29.0 Å². The van der Waals surface area contributed by atoms with Crippen molar-refractivity contribution in [2.45, 2.75) is 17.7 Å². The van der Waals surface area contributed by atoms with Crippen LogP contribution in [0.4, 0.5) is 5.69 Å². The maximum absolute atomic E-state index is 12.6. The molecule has 0 fully saturated rings. The van der Waals surface area contributed by atoms with Gasteiger partial charge in [0.15, 0.2) is 23.0 Å². The van der Waals surface area contributed by atoms with Gasteiger partial charge in [-0.2, -0.15) is 0 Å². The van der Waals surface area contributed by atoms with E-state index in [9.17, 15) is 13.2 Å². The van der Waals surface area contributed by atoms with E-state index < -0.39 is 10.0 Å². The minimum Gasteiger partial charge on any atom is -0.493 e. The minimum atomic E-state index is -3.82. The number of anilines is 1. The molecule has 0 radical (unpaired) electrons. The third kappa shape index (κ3) is 6.98. The molecule has 2 aromatic rings. The molecule has 0 spiro atoms. The second-order valence-electron chi connectivity index (χ2n) is 7.06. The average Bonchev–Trinajstić information content (AvgIpc) is 3.04. The van der Waals surface area contributed by atoms with Crippen LogP contribution in [0.2, 0.25) is 0 Å². The third-order valence-electron chi connectivity index (χ3n) is 4.67. The maximum atomic E-state index is 12.6. The smallest absolute Gasteiger partial charge is 0.240 e. The number of hydrogen-bond donors (Lipinski definition) is 2. The van der Waals surface area contributed by atoms with Crippen LogP contribution in [0, 0.1) is 0 Å². The molecule has 33 heavy (non-hydrogen) atoms. The van der Waals surface area contributed by atoms with Crippen LogP contribution in [-0.2, 0) is 19.6 Å². The van der Waals surface area contributed by atoms with Gasteiger partial charge in [0, 0.05) is 44.3 Å². The highest BCUT2D eigenvalue weighted by Crippen LogP contribution is 2.32. The molecule has 3 rings (SSSR count). The van der Waals surface area contributed by atoms with Crippen LogP contribution in [0.15, 0.2) is 41.3 Å². The van der Waals surface area contributed by atoms with Crippen molar-refractivity contribution in [3.63, 3.8) is 0 Å². The van der Waals surface area contributed by atoms with Gasteiger partial charge in [-0.05, 0) is 24.3 Å². The summed E-state index contributed by atoms with van der Waals surface area (Å²) in [5, 5.41) is 2.72. The minimum absolute atomic E-state index is 0.0418. The molecule has 2 aromatic carbocycles. The van der Waals surface area contributed by atoms with Crippen molar-refractivity contribution in [3.05, 3.63) is 36.4 Å². The lowest BCUT2D eigenvalue weighted by Gasteiger charge is -2.13. The van der Waals surface area contributed by atoms with Crippen LogP contribution in [0.1, 0.15) is 12.8 Å². The Hall–Kier alpha value is -3.02. The van der Waals surface area contributed by atoms with Crippen molar-refractivity contribution in [2.75, 3.05) is 52.5 Å². The number of ether oxygens (including phenoxy) is 5. The van der Waals surface area contributed by atoms with Gasteiger partial charge in [-0.25, -0.2) is 13.1 Å². The Kier molecular flexibility index (Phi) is 8.75. The molecule has 10 nitrogen and oxygen atoms in total. The number of amides is 1. The maximum Gasteiger partial charge on any atom is 0.240 e. The molecule has 0 bridgehead atoms. The zero-order valence-electron chi connectivity index (χ0n) is 18.6. The van der Waals surface area contributed by atoms with Gasteiger partial charge in [-0.15, -0.1) is 0 Å². The molecule has 11 heteroatoms. The number of benzene rings is 2. The van der Waals surface area contributed by atoms with E-state index in [1.54, 1.807) is 31.4 Å². The first-order chi connectivity index (χ1) is 15.9. The second kappa shape index (κ2) is 11.7. The Morgan fingerprint density at radius 2 is 1.79 bits per heavy atom. The number of fused-ring (bicyclic) bond motifs is 1. The Balaban J connectivity index is 1.54. The predicted molar refractivity (Wildman–Crippen MR) is 121 cm³/mol. The van der Waals surface area contributed by atoms with E-state index in [2.05, 4.69) is 10.0 Å². The highest BCUT2D eigenvalue weighted by molar-refractivity contribution is 7.89. The fourth-order valence-electron chi connectivity index (χ4n) is 3.02. The molecule has 1 aliphatic heterocycles. The molecular formula is C22H28N2O8S. The number of carbonyl (C=O) groups excluding carboxylic acids is 1. The number of carbonyl (C=O) groups is 1. The highest BCUT2D eigenvalue weighted by Gasteiger charge is 2.19. The summed E-state index contributed by atoms with van der Waals surface area (Å²) >= 11 is 0. The van der Waals surface area contributed by atoms with Gasteiger partial charge in [0.2, 0.25) is 15.9 Å². The number of hydrogen-bond acceptors (Lipinski definition) is 8. The zero-order chi connectivity index (χ0) is 23.7. The molecule has 0 aromatic heterocycles. The first-order valence-electron chi connectivity index (χ1n) is 10.4. The van der Waals surface area contributed by atoms with E-state index in [1.165, 1.54) is 19.2 Å².